The number of carbonyl (C=O) groups is 1. The van der Waals surface area contributed by atoms with Gasteiger partial charge in [-0.3, -0.25) is 4.79 Å². The smallest absolute Gasteiger partial charge is 0.303 e. The van der Waals surface area contributed by atoms with E-state index in [1.165, 1.54) is 19.2 Å². The molecule has 94 valence electrons. The number of halogens is 1. The van der Waals surface area contributed by atoms with Gasteiger partial charge in [0.05, 0.1) is 6.61 Å². The summed E-state index contributed by atoms with van der Waals surface area (Å²) in [6, 6.07) is 3.84. The Kier molecular flexibility index (Phi) is 5.06. The molecule has 1 atom stereocenters. The minimum absolute atomic E-state index is 0.00896. The molecule has 1 aromatic rings. The number of methoxy groups -OCH3 is 1. The van der Waals surface area contributed by atoms with Gasteiger partial charge in [0.25, 0.3) is 0 Å². The topological polar surface area (TPSA) is 72.5 Å². The molecule has 0 aliphatic heterocycles. The fourth-order valence-electron chi connectivity index (χ4n) is 1.65. The van der Waals surface area contributed by atoms with Gasteiger partial charge in [-0.05, 0) is 29.7 Å². The van der Waals surface area contributed by atoms with Crippen molar-refractivity contribution in [3.63, 3.8) is 0 Å². The maximum Gasteiger partial charge on any atom is 0.303 e. The number of rotatable bonds is 6. The van der Waals surface area contributed by atoms with E-state index in [1.54, 1.807) is 6.07 Å². The lowest BCUT2D eigenvalue weighted by molar-refractivity contribution is -0.137. The van der Waals surface area contributed by atoms with E-state index >= 15 is 0 Å². The summed E-state index contributed by atoms with van der Waals surface area (Å²) in [6.07, 6.45) is 0.308. The third kappa shape index (κ3) is 4.13. The molecule has 5 heteroatoms. The first kappa shape index (κ1) is 13.6. The molecule has 1 unspecified atom stereocenters. The van der Waals surface area contributed by atoms with Crippen LogP contribution >= 0.6 is 0 Å². The Morgan fingerprint density at radius 3 is 2.88 bits per heavy atom. The molecule has 0 aliphatic rings. The van der Waals surface area contributed by atoms with E-state index in [4.69, 9.17) is 15.6 Å². The highest BCUT2D eigenvalue weighted by atomic mass is 19.1. The summed E-state index contributed by atoms with van der Waals surface area (Å²) in [5, 5.41) is 8.59. The number of carboxylic acid groups (broad SMARTS) is 1. The lowest BCUT2D eigenvalue weighted by Gasteiger charge is -2.15. The Morgan fingerprint density at radius 2 is 2.29 bits per heavy atom. The quantitative estimate of drug-likeness (QED) is 0.797. The average molecular weight is 241 g/mol. The Balaban J connectivity index is 2.83. The molecule has 0 saturated heterocycles. The largest absolute Gasteiger partial charge is 0.481 e. The molecule has 4 nitrogen and oxygen atoms in total. The van der Waals surface area contributed by atoms with Gasteiger partial charge in [-0.25, -0.2) is 4.39 Å². The van der Waals surface area contributed by atoms with Crippen LogP contribution in [0.4, 0.5) is 4.39 Å². The predicted octanol–water partition coefficient (Wildman–Crippen LogP) is 1.84. The Hall–Kier alpha value is -1.46. The van der Waals surface area contributed by atoms with E-state index in [9.17, 15) is 9.18 Å². The molecule has 0 aliphatic carbocycles. The van der Waals surface area contributed by atoms with Gasteiger partial charge in [0.2, 0.25) is 0 Å². The molecule has 0 fully saturated rings. The first-order valence-corrected chi connectivity index (χ1v) is 5.29. The monoisotopic (exact) mass is 241 g/mol. The highest BCUT2D eigenvalue weighted by Crippen LogP contribution is 2.22. The van der Waals surface area contributed by atoms with Crippen molar-refractivity contribution in [1.82, 2.24) is 0 Å². The standard InChI is InChI=1S/C12H16FNO3/c1-17-7-8-6-9(13)2-3-10(8)11(14)4-5-12(15)16/h2-3,6,11H,4-5,7,14H2,1H3,(H,15,16). The minimum Gasteiger partial charge on any atom is -0.481 e. The predicted molar refractivity (Wildman–Crippen MR) is 60.9 cm³/mol. The second-order valence-electron chi connectivity index (χ2n) is 3.82. The van der Waals surface area contributed by atoms with Gasteiger partial charge < -0.3 is 15.6 Å². The van der Waals surface area contributed by atoms with Crippen molar-refractivity contribution in [2.45, 2.75) is 25.5 Å². The summed E-state index contributed by atoms with van der Waals surface area (Å²) in [4.78, 5) is 10.5. The number of nitrogens with two attached hydrogens (primary N) is 1. The van der Waals surface area contributed by atoms with E-state index in [-0.39, 0.29) is 18.8 Å². The van der Waals surface area contributed by atoms with E-state index in [1.807, 2.05) is 0 Å². The fraction of sp³-hybridized carbons (Fsp3) is 0.417. The first-order valence-electron chi connectivity index (χ1n) is 5.29. The molecular formula is C12H16FNO3. The van der Waals surface area contributed by atoms with Gasteiger partial charge in [-0.2, -0.15) is 0 Å². The van der Waals surface area contributed by atoms with Crippen molar-refractivity contribution in [2.24, 2.45) is 5.73 Å². The van der Waals surface area contributed by atoms with Crippen LogP contribution in [0.2, 0.25) is 0 Å². The highest BCUT2D eigenvalue weighted by molar-refractivity contribution is 5.66. The van der Waals surface area contributed by atoms with Crippen molar-refractivity contribution >= 4 is 5.97 Å². The van der Waals surface area contributed by atoms with Crippen LogP contribution in [-0.2, 0) is 16.1 Å². The van der Waals surface area contributed by atoms with Gasteiger partial charge >= 0.3 is 5.97 Å². The zero-order valence-corrected chi connectivity index (χ0v) is 9.65. The summed E-state index contributed by atoms with van der Waals surface area (Å²) < 4.78 is 18.0. The van der Waals surface area contributed by atoms with Gasteiger partial charge in [-0.1, -0.05) is 6.07 Å². The molecule has 3 N–H and O–H groups in total. The fourth-order valence-corrected chi connectivity index (χ4v) is 1.65. The van der Waals surface area contributed by atoms with Crippen LogP contribution < -0.4 is 5.73 Å². The minimum atomic E-state index is -0.893. The van der Waals surface area contributed by atoms with Gasteiger partial charge in [0.15, 0.2) is 0 Å². The molecule has 0 spiro atoms. The van der Waals surface area contributed by atoms with Gasteiger partial charge in [0, 0.05) is 19.6 Å². The van der Waals surface area contributed by atoms with Gasteiger partial charge in [-0.15, -0.1) is 0 Å². The van der Waals surface area contributed by atoms with Crippen molar-refractivity contribution in [3.05, 3.63) is 35.1 Å². The number of benzene rings is 1. The first-order chi connectivity index (χ1) is 8.04. The third-order valence-electron chi connectivity index (χ3n) is 2.47. The Bertz CT molecular complexity index is 395. The average Bonchev–Trinajstić information content (AvgIpc) is 2.26. The molecule has 0 radical (unpaired) electrons. The number of hydrogen-bond acceptors (Lipinski definition) is 3. The molecule has 1 aromatic carbocycles. The summed E-state index contributed by atoms with van der Waals surface area (Å²) in [5.74, 6) is -1.25. The zero-order valence-electron chi connectivity index (χ0n) is 9.65. The van der Waals surface area contributed by atoms with E-state index in [0.717, 1.165) is 5.56 Å². The Morgan fingerprint density at radius 1 is 1.59 bits per heavy atom. The number of hydrogen-bond donors (Lipinski definition) is 2. The maximum absolute atomic E-state index is 13.1. The molecule has 0 saturated carbocycles. The van der Waals surface area contributed by atoms with E-state index < -0.39 is 12.0 Å². The van der Waals surface area contributed by atoms with Crippen LogP contribution in [0.3, 0.4) is 0 Å². The number of ether oxygens (including phenoxy) is 1. The lowest BCUT2D eigenvalue weighted by atomic mass is 9.97. The van der Waals surface area contributed by atoms with Gasteiger partial charge in [0.1, 0.15) is 5.82 Å². The molecule has 0 bridgehead atoms. The maximum atomic E-state index is 13.1. The highest BCUT2D eigenvalue weighted by Gasteiger charge is 2.13. The van der Waals surface area contributed by atoms with Crippen LogP contribution in [0.5, 0.6) is 0 Å². The Labute approximate surface area is 99.2 Å². The third-order valence-corrected chi connectivity index (χ3v) is 2.47. The summed E-state index contributed by atoms with van der Waals surface area (Å²) in [6.45, 7) is 0.258. The summed E-state index contributed by atoms with van der Waals surface area (Å²) in [7, 11) is 1.51. The van der Waals surface area contributed by atoms with Crippen LogP contribution in [0, 0.1) is 5.82 Å². The molecule has 1 rings (SSSR count). The number of carboxylic acids is 1. The van der Waals surface area contributed by atoms with E-state index in [2.05, 4.69) is 0 Å². The zero-order chi connectivity index (χ0) is 12.8. The molecular weight excluding hydrogens is 225 g/mol. The molecule has 0 heterocycles. The van der Waals surface area contributed by atoms with Crippen molar-refractivity contribution in [3.8, 4) is 0 Å². The van der Waals surface area contributed by atoms with E-state index in [0.29, 0.717) is 12.0 Å². The second kappa shape index (κ2) is 6.32. The van der Waals surface area contributed by atoms with Crippen molar-refractivity contribution in [1.29, 1.82) is 0 Å². The SMILES string of the molecule is COCc1cc(F)ccc1C(N)CCC(=O)O. The van der Waals surface area contributed by atoms with Crippen LogP contribution in [0.25, 0.3) is 0 Å². The molecule has 0 amide bonds. The van der Waals surface area contributed by atoms with Crippen molar-refractivity contribution in [2.75, 3.05) is 7.11 Å². The van der Waals surface area contributed by atoms with Crippen LogP contribution in [-0.4, -0.2) is 18.2 Å². The van der Waals surface area contributed by atoms with Crippen molar-refractivity contribution < 1.29 is 19.0 Å². The van der Waals surface area contributed by atoms with Crippen LogP contribution in [0.1, 0.15) is 30.0 Å². The normalized spacial score (nSPS) is 12.4. The van der Waals surface area contributed by atoms with Crippen LogP contribution in [0.15, 0.2) is 18.2 Å². The molecule has 17 heavy (non-hydrogen) atoms. The lowest BCUT2D eigenvalue weighted by Crippen LogP contribution is -2.15. The summed E-state index contributed by atoms with van der Waals surface area (Å²) in [5.41, 5.74) is 7.27. The number of aliphatic carboxylic acids is 1. The summed E-state index contributed by atoms with van der Waals surface area (Å²) >= 11 is 0. The molecule has 0 aromatic heterocycles. The second-order valence-corrected chi connectivity index (χ2v) is 3.82.